The average Bonchev–Trinajstić information content (AvgIpc) is 3.25. The predicted octanol–water partition coefficient (Wildman–Crippen LogP) is 2.06. The van der Waals surface area contributed by atoms with E-state index in [0.29, 0.717) is 11.9 Å². The highest BCUT2D eigenvalue weighted by atomic mass is 15.4. The number of benzene rings is 1. The molecule has 1 N–H and O–H groups in total. The molecule has 0 unspecified atom stereocenters. The van der Waals surface area contributed by atoms with E-state index in [0.717, 1.165) is 49.8 Å². The van der Waals surface area contributed by atoms with Crippen molar-refractivity contribution in [2.45, 2.75) is 6.42 Å². The van der Waals surface area contributed by atoms with Gasteiger partial charge in [-0.2, -0.15) is 10.1 Å². The van der Waals surface area contributed by atoms with Gasteiger partial charge in [0.1, 0.15) is 6.33 Å². The van der Waals surface area contributed by atoms with Crippen LogP contribution in [0.5, 0.6) is 0 Å². The van der Waals surface area contributed by atoms with Crippen molar-refractivity contribution in [2.24, 2.45) is 7.05 Å². The lowest BCUT2D eigenvalue weighted by atomic mass is 10.1. The third-order valence-corrected chi connectivity index (χ3v) is 5.31. The molecule has 1 aliphatic heterocycles. The van der Waals surface area contributed by atoms with Crippen molar-refractivity contribution in [3.8, 4) is 0 Å². The monoisotopic (exact) mass is 428 g/mol. The minimum absolute atomic E-state index is 0.503. The van der Waals surface area contributed by atoms with E-state index in [-0.39, 0.29) is 0 Å². The van der Waals surface area contributed by atoms with E-state index in [1.54, 1.807) is 10.9 Å². The Morgan fingerprint density at radius 2 is 1.53 bits per heavy atom. The van der Waals surface area contributed by atoms with Crippen LogP contribution in [-0.2, 0) is 13.5 Å². The first kappa shape index (κ1) is 19.9. The van der Waals surface area contributed by atoms with Crippen LogP contribution in [0.3, 0.4) is 0 Å². The Morgan fingerprint density at radius 1 is 0.812 bits per heavy atom. The minimum atomic E-state index is 0.503. The van der Waals surface area contributed by atoms with Gasteiger partial charge in [-0.15, -0.1) is 0 Å². The molecule has 3 aromatic heterocycles. The Labute approximate surface area is 186 Å². The molecule has 32 heavy (non-hydrogen) atoms. The maximum atomic E-state index is 4.60. The van der Waals surface area contributed by atoms with Crippen LogP contribution < -0.4 is 15.1 Å². The molecule has 1 saturated heterocycles. The van der Waals surface area contributed by atoms with E-state index in [9.17, 15) is 0 Å². The third-order valence-electron chi connectivity index (χ3n) is 5.31. The number of aryl methyl sites for hydroxylation is 1. The molecular weight excluding hydrogens is 404 g/mol. The molecule has 5 rings (SSSR count). The Morgan fingerprint density at radius 3 is 2.22 bits per heavy atom. The molecule has 10 nitrogen and oxygen atoms in total. The molecule has 0 aliphatic carbocycles. The number of anilines is 4. The molecule has 1 aromatic carbocycles. The second-order valence-corrected chi connectivity index (χ2v) is 7.66. The van der Waals surface area contributed by atoms with Gasteiger partial charge in [-0.3, -0.25) is 4.68 Å². The van der Waals surface area contributed by atoms with Crippen molar-refractivity contribution in [2.75, 3.05) is 41.3 Å². The van der Waals surface area contributed by atoms with Gasteiger partial charge < -0.3 is 15.1 Å². The van der Waals surface area contributed by atoms with E-state index >= 15 is 0 Å². The van der Waals surface area contributed by atoms with E-state index in [4.69, 9.17) is 0 Å². The summed E-state index contributed by atoms with van der Waals surface area (Å²) in [5.74, 6) is 1.92. The van der Waals surface area contributed by atoms with Crippen molar-refractivity contribution in [1.82, 2.24) is 34.7 Å². The number of nitrogens with zero attached hydrogens (tertiary/aromatic N) is 9. The molecule has 10 heteroatoms. The van der Waals surface area contributed by atoms with Crippen molar-refractivity contribution in [1.29, 1.82) is 0 Å². The fourth-order valence-corrected chi connectivity index (χ4v) is 3.66. The van der Waals surface area contributed by atoms with Crippen LogP contribution >= 0.6 is 0 Å². The smallest absolute Gasteiger partial charge is 0.232 e. The van der Waals surface area contributed by atoms with E-state index in [2.05, 4.69) is 69.4 Å². The molecule has 0 atom stereocenters. The van der Waals surface area contributed by atoms with Crippen LogP contribution in [0, 0.1) is 0 Å². The maximum Gasteiger partial charge on any atom is 0.232 e. The Balaban J connectivity index is 1.18. The average molecular weight is 429 g/mol. The normalized spacial score (nSPS) is 13.9. The molecule has 1 fully saturated rings. The van der Waals surface area contributed by atoms with E-state index in [1.165, 1.54) is 11.9 Å². The summed E-state index contributed by atoms with van der Waals surface area (Å²) in [4.78, 5) is 26.7. The summed E-state index contributed by atoms with van der Waals surface area (Å²) in [6.45, 7) is 3.17. The lowest BCUT2D eigenvalue weighted by molar-refractivity contribution is 0.626. The van der Waals surface area contributed by atoms with Crippen molar-refractivity contribution in [3.63, 3.8) is 0 Å². The molecule has 162 valence electrons. The van der Waals surface area contributed by atoms with Crippen LogP contribution in [0.25, 0.3) is 0 Å². The van der Waals surface area contributed by atoms with Crippen molar-refractivity contribution >= 4 is 23.5 Å². The largest absolute Gasteiger partial charge is 0.337 e. The summed E-state index contributed by atoms with van der Waals surface area (Å²) >= 11 is 0. The Hall–Kier alpha value is -4.08. The summed E-state index contributed by atoms with van der Waals surface area (Å²) in [5, 5.41) is 7.30. The summed E-state index contributed by atoms with van der Waals surface area (Å²) in [7, 11) is 1.87. The first-order valence-corrected chi connectivity index (χ1v) is 10.5. The first-order chi connectivity index (χ1) is 15.7. The topological polar surface area (TPSA) is 101 Å². The molecule has 4 heterocycles. The van der Waals surface area contributed by atoms with Gasteiger partial charge in [0.15, 0.2) is 0 Å². The van der Waals surface area contributed by atoms with Gasteiger partial charge in [0, 0.05) is 58.2 Å². The lowest BCUT2D eigenvalue weighted by Gasteiger charge is -2.34. The fraction of sp³-hybridized carbons (Fsp3) is 0.273. The zero-order chi connectivity index (χ0) is 21.8. The maximum absolute atomic E-state index is 4.60. The number of piperazine rings is 1. The molecule has 0 radical (unpaired) electrons. The molecule has 0 bridgehead atoms. The molecule has 0 amide bonds. The highest BCUT2D eigenvalue weighted by Gasteiger charge is 2.21. The van der Waals surface area contributed by atoms with Gasteiger partial charge in [-0.1, -0.05) is 30.3 Å². The Kier molecular flexibility index (Phi) is 5.56. The van der Waals surface area contributed by atoms with Crippen molar-refractivity contribution in [3.05, 3.63) is 72.6 Å². The molecular formula is C22H24N10. The SMILES string of the molecule is Cn1cc(Nc2ncnc(N3CCN(c4ncc(Cc5ccccc5)cn4)CC3)n2)cn1. The predicted molar refractivity (Wildman–Crippen MR) is 122 cm³/mol. The summed E-state index contributed by atoms with van der Waals surface area (Å²) in [6.07, 6.45) is 9.81. The number of hydrogen-bond donors (Lipinski definition) is 1. The summed E-state index contributed by atoms with van der Waals surface area (Å²) < 4.78 is 1.72. The van der Waals surface area contributed by atoms with E-state index < -0.39 is 0 Å². The standard InChI is InChI=1S/C22H24N10/c1-30-15-19(14-27-30)28-20-25-16-26-22(29-20)32-9-7-31(8-10-32)21-23-12-18(13-24-21)11-17-5-3-2-4-6-17/h2-6,12-16H,7-11H2,1H3,(H,25,26,28,29). The lowest BCUT2D eigenvalue weighted by Crippen LogP contribution is -2.47. The zero-order valence-electron chi connectivity index (χ0n) is 17.8. The second kappa shape index (κ2) is 8.96. The molecule has 0 spiro atoms. The fourth-order valence-electron chi connectivity index (χ4n) is 3.66. The minimum Gasteiger partial charge on any atom is -0.337 e. The Bertz CT molecular complexity index is 1150. The van der Waals surface area contributed by atoms with Gasteiger partial charge in [0.05, 0.1) is 11.9 Å². The number of nitrogens with one attached hydrogen (secondary N) is 1. The molecule has 4 aromatic rings. The first-order valence-electron chi connectivity index (χ1n) is 10.5. The van der Waals surface area contributed by atoms with Gasteiger partial charge in [-0.25, -0.2) is 19.9 Å². The van der Waals surface area contributed by atoms with Crippen molar-refractivity contribution < 1.29 is 0 Å². The number of hydrogen-bond acceptors (Lipinski definition) is 9. The van der Waals surface area contributed by atoms with Gasteiger partial charge in [0.2, 0.25) is 17.8 Å². The van der Waals surface area contributed by atoms with Crippen LogP contribution in [0.1, 0.15) is 11.1 Å². The van der Waals surface area contributed by atoms with Crippen LogP contribution in [0.2, 0.25) is 0 Å². The van der Waals surface area contributed by atoms with Crippen LogP contribution in [0.15, 0.2) is 61.4 Å². The number of rotatable bonds is 6. The zero-order valence-corrected chi connectivity index (χ0v) is 17.8. The number of aromatic nitrogens is 7. The quantitative estimate of drug-likeness (QED) is 0.494. The van der Waals surface area contributed by atoms with Crippen LogP contribution in [-0.4, -0.2) is 60.9 Å². The highest BCUT2D eigenvalue weighted by Crippen LogP contribution is 2.17. The van der Waals surface area contributed by atoms with Gasteiger partial charge in [-0.05, 0) is 11.1 Å². The van der Waals surface area contributed by atoms with E-state index in [1.807, 2.05) is 31.7 Å². The van der Waals surface area contributed by atoms with Gasteiger partial charge >= 0.3 is 0 Å². The summed E-state index contributed by atoms with van der Waals surface area (Å²) in [5.41, 5.74) is 3.20. The van der Waals surface area contributed by atoms with Gasteiger partial charge in [0.25, 0.3) is 0 Å². The molecule has 1 aliphatic rings. The van der Waals surface area contributed by atoms with Crippen LogP contribution in [0.4, 0.5) is 23.5 Å². The molecule has 0 saturated carbocycles. The second-order valence-electron chi connectivity index (χ2n) is 7.66. The summed E-state index contributed by atoms with van der Waals surface area (Å²) in [6, 6.07) is 10.4. The highest BCUT2D eigenvalue weighted by molar-refractivity contribution is 5.51. The third kappa shape index (κ3) is 4.64.